The summed E-state index contributed by atoms with van der Waals surface area (Å²) in [6.45, 7) is 4.78. The Morgan fingerprint density at radius 1 is 1.42 bits per heavy atom. The minimum absolute atomic E-state index is 0.295. The van der Waals surface area contributed by atoms with Gasteiger partial charge in [-0.3, -0.25) is 4.79 Å². The average molecular weight is 353 g/mol. The van der Waals surface area contributed by atoms with Gasteiger partial charge in [-0.1, -0.05) is 12.7 Å². The number of aliphatic hydroxyl groups excluding tert-OH is 1. The highest BCUT2D eigenvalue weighted by Crippen LogP contribution is 2.43. The standard InChI is InChI=1S/C20H20FN3O2/c1-2-4-14(22)12-9-16(24-8-3-5-11(25)10-24)18-13(21)6-7-15-19(18)17(12)20(26)23-15/h2,4,6-7,9,11,25H,1,3,5,8,10,22H2,(H,23,26)/b14-4-. The molecule has 134 valence electrons. The number of carbonyl (C=O) groups excluding carboxylic acids is 1. The normalized spacial score (nSPS) is 19.8. The highest BCUT2D eigenvalue weighted by Gasteiger charge is 2.31. The van der Waals surface area contributed by atoms with Crippen LogP contribution < -0.4 is 16.0 Å². The van der Waals surface area contributed by atoms with E-state index in [2.05, 4.69) is 11.9 Å². The molecule has 2 aromatic carbocycles. The third-order valence-electron chi connectivity index (χ3n) is 5.03. The molecule has 1 saturated heterocycles. The van der Waals surface area contributed by atoms with Gasteiger partial charge in [-0.05, 0) is 37.1 Å². The average Bonchev–Trinajstić information content (AvgIpc) is 2.95. The highest BCUT2D eigenvalue weighted by atomic mass is 19.1. The molecule has 1 fully saturated rings. The molecule has 2 heterocycles. The number of nitrogens with one attached hydrogen (secondary N) is 1. The Morgan fingerprint density at radius 2 is 2.23 bits per heavy atom. The molecule has 26 heavy (non-hydrogen) atoms. The number of nitrogens with zero attached hydrogens (tertiary/aromatic N) is 1. The minimum atomic E-state index is -0.459. The van der Waals surface area contributed by atoms with Crippen LogP contribution in [0, 0.1) is 5.82 Å². The third kappa shape index (κ3) is 2.45. The van der Waals surface area contributed by atoms with Crippen molar-refractivity contribution in [2.75, 3.05) is 23.3 Å². The van der Waals surface area contributed by atoms with E-state index in [4.69, 9.17) is 5.73 Å². The second-order valence-electron chi connectivity index (χ2n) is 6.72. The molecule has 6 heteroatoms. The number of amides is 1. The number of β-amino-alcohol motifs (C(OH)–C–C–N with tert-alkyl or cyclic N) is 1. The number of allylic oxidation sites excluding steroid dienone is 2. The number of nitrogens with two attached hydrogens (primary N) is 1. The first-order valence-electron chi connectivity index (χ1n) is 8.63. The summed E-state index contributed by atoms with van der Waals surface area (Å²) in [5.74, 6) is -0.689. The predicted molar refractivity (Wildman–Crippen MR) is 102 cm³/mol. The van der Waals surface area contributed by atoms with Crippen LogP contribution in [0.2, 0.25) is 0 Å². The number of hydrogen-bond donors (Lipinski definition) is 3. The van der Waals surface area contributed by atoms with E-state index in [0.717, 1.165) is 12.8 Å². The molecular formula is C20H20FN3O2. The molecule has 0 saturated carbocycles. The number of carbonyl (C=O) groups is 1. The van der Waals surface area contributed by atoms with Crippen LogP contribution in [0.1, 0.15) is 28.8 Å². The summed E-state index contributed by atoms with van der Waals surface area (Å²) in [5.41, 5.74) is 8.72. The van der Waals surface area contributed by atoms with Gasteiger partial charge in [0.25, 0.3) is 5.91 Å². The summed E-state index contributed by atoms with van der Waals surface area (Å²) in [6.07, 6.45) is 4.26. The topological polar surface area (TPSA) is 78.6 Å². The summed E-state index contributed by atoms with van der Waals surface area (Å²) in [7, 11) is 0. The Kier molecular flexibility index (Phi) is 3.92. The predicted octanol–water partition coefficient (Wildman–Crippen LogP) is 2.99. The van der Waals surface area contributed by atoms with Gasteiger partial charge in [-0.2, -0.15) is 0 Å². The number of piperidine rings is 1. The summed E-state index contributed by atoms with van der Waals surface area (Å²) in [5, 5.41) is 13.8. The second kappa shape index (κ2) is 6.14. The number of aliphatic hydroxyl groups is 1. The van der Waals surface area contributed by atoms with Gasteiger partial charge >= 0.3 is 0 Å². The van der Waals surface area contributed by atoms with Gasteiger partial charge in [0.2, 0.25) is 0 Å². The van der Waals surface area contributed by atoms with Crippen LogP contribution in [0.25, 0.3) is 16.5 Å². The zero-order chi connectivity index (χ0) is 18.4. The van der Waals surface area contributed by atoms with Gasteiger partial charge in [0.1, 0.15) is 5.82 Å². The third-order valence-corrected chi connectivity index (χ3v) is 5.03. The smallest absolute Gasteiger partial charge is 0.257 e. The maximum absolute atomic E-state index is 14.8. The summed E-state index contributed by atoms with van der Waals surface area (Å²) in [4.78, 5) is 14.5. The Morgan fingerprint density at radius 3 is 2.96 bits per heavy atom. The molecule has 0 radical (unpaired) electrons. The van der Waals surface area contributed by atoms with Crippen molar-refractivity contribution in [3.05, 3.63) is 53.9 Å². The van der Waals surface area contributed by atoms with Gasteiger partial charge in [0, 0.05) is 46.5 Å². The molecule has 5 nitrogen and oxygen atoms in total. The molecule has 1 amide bonds. The molecule has 2 aliphatic rings. The minimum Gasteiger partial charge on any atom is -0.398 e. The van der Waals surface area contributed by atoms with E-state index in [9.17, 15) is 14.3 Å². The highest BCUT2D eigenvalue weighted by molar-refractivity contribution is 6.27. The second-order valence-corrected chi connectivity index (χ2v) is 6.72. The number of benzene rings is 2. The number of hydrogen-bond acceptors (Lipinski definition) is 4. The fourth-order valence-corrected chi connectivity index (χ4v) is 3.90. The van der Waals surface area contributed by atoms with E-state index in [1.807, 2.05) is 4.90 Å². The first-order chi connectivity index (χ1) is 12.5. The molecular weight excluding hydrogens is 333 g/mol. The molecule has 2 aromatic rings. The molecule has 4 rings (SSSR count). The monoisotopic (exact) mass is 353 g/mol. The number of rotatable bonds is 3. The number of halogens is 1. The molecule has 1 atom stereocenters. The van der Waals surface area contributed by atoms with E-state index >= 15 is 0 Å². The Bertz CT molecular complexity index is 967. The van der Waals surface area contributed by atoms with Crippen LogP contribution in [0.4, 0.5) is 15.8 Å². The van der Waals surface area contributed by atoms with Gasteiger partial charge in [0.15, 0.2) is 0 Å². The fourth-order valence-electron chi connectivity index (χ4n) is 3.90. The SMILES string of the molecule is C=C/C=C(\N)c1cc(N2CCCC(O)C2)c2c(F)ccc3c2c1C(=O)N3. The lowest BCUT2D eigenvalue weighted by molar-refractivity contribution is 0.103. The Labute approximate surface area is 150 Å². The fraction of sp³-hybridized carbons (Fsp3) is 0.250. The first-order valence-corrected chi connectivity index (χ1v) is 8.63. The summed E-state index contributed by atoms with van der Waals surface area (Å²) < 4.78 is 14.8. The zero-order valence-corrected chi connectivity index (χ0v) is 14.3. The largest absolute Gasteiger partial charge is 0.398 e. The van der Waals surface area contributed by atoms with Crippen LogP contribution in [0.5, 0.6) is 0 Å². The van der Waals surface area contributed by atoms with Crippen LogP contribution in [-0.2, 0) is 0 Å². The van der Waals surface area contributed by atoms with Crippen molar-refractivity contribution in [3.63, 3.8) is 0 Å². The maximum Gasteiger partial charge on any atom is 0.257 e. The van der Waals surface area contributed by atoms with Gasteiger partial charge < -0.3 is 21.1 Å². The van der Waals surface area contributed by atoms with Crippen LogP contribution >= 0.6 is 0 Å². The van der Waals surface area contributed by atoms with Crippen LogP contribution in [-0.4, -0.2) is 30.2 Å². The van der Waals surface area contributed by atoms with E-state index in [-0.39, 0.29) is 5.91 Å². The molecule has 0 aromatic heterocycles. The molecule has 0 spiro atoms. The van der Waals surface area contributed by atoms with Crippen molar-refractivity contribution < 1.29 is 14.3 Å². The number of anilines is 2. The van der Waals surface area contributed by atoms with Crippen molar-refractivity contribution in [1.82, 2.24) is 0 Å². The van der Waals surface area contributed by atoms with Gasteiger partial charge in [0.05, 0.1) is 11.7 Å². The van der Waals surface area contributed by atoms with Crippen molar-refractivity contribution in [1.29, 1.82) is 0 Å². The van der Waals surface area contributed by atoms with E-state index in [0.29, 0.717) is 52.1 Å². The molecule has 0 bridgehead atoms. The van der Waals surface area contributed by atoms with Gasteiger partial charge in [-0.25, -0.2) is 4.39 Å². The quantitative estimate of drug-likeness (QED) is 0.741. The lowest BCUT2D eigenvalue weighted by atomic mass is 9.94. The molecule has 0 aliphatic carbocycles. The van der Waals surface area contributed by atoms with Crippen molar-refractivity contribution in [2.24, 2.45) is 5.73 Å². The van der Waals surface area contributed by atoms with Crippen LogP contribution in [0.15, 0.2) is 36.9 Å². The Hall–Kier alpha value is -2.86. The van der Waals surface area contributed by atoms with Crippen molar-refractivity contribution in [2.45, 2.75) is 18.9 Å². The van der Waals surface area contributed by atoms with Crippen molar-refractivity contribution >= 4 is 33.8 Å². The van der Waals surface area contributed by atoms with Gasteiger partial charge in [-0.15, -0.1) is 0 Å². The molecule has 4 N–H and O–H groups in total. The molecule has 2 aliphatic heterocycles. The first kappa shape index (κ1) is 16.6. The van der Waals surface area contributed by atoms with E-state index in [1.54, 1.807) is 24.3 Å². The summed E-state index contributed by atoms with van der Waals surface area (Å²) >= 11 is 0. The lowest BCUT2D eigenvalue weighted by Gasteiger charge is -2.33. The summed E-state index contributed by atoms with van der Waals surface area (Å²) in [6, 6.07) is 4.68. The zero-order valence-electron chi connectivity index (χ0n) is 14.3. The van der Waals surface area contributed by atoms with Crippen molar-refractivity contribution in [3.8, 4) is 0 Å². The Balaban J connectivity index is 2.05. The van der Waals surface area contributed by atoms with E-state index < -0.39 is 11.9 Å². The van der Waals surface area contributed by atoms with Crippen LogP contribution in [0.3, 0.4) is 0 Å². The lowest BCUT2D eigenvalue weighted by Crippen LogP contribution is -2.38. The molecule has 1 unspecified atom stereocenters. The van der Waals surface area contributed by atoms with E-state index in [1.165, 1.54) is 6.07 Å². The maximum atomic E-state index is 14.8.